The summed E-state index contributed by atoms with van der Waals surface area (Å²) in [7, 11) is 1.68. The lowest BCUT2D eigenvalue weighted by Gasteiger charge is -2.36. The molecule has 1 saturated carbocycles. The Morgan fingerprint density at radius 1 is 1.16 bits per heavy atom. The number of nitrogens with zero attached hydrogens (tertiary/aromatic N) is 2. The van der Waals surface area contributed by atoms with Crippen molar-refractivity contribution < 1.29 is 14.3 Å². The van der Waals surface area contributed by atoms with Gasteiger partial charge in [0.05, 0.1) is 24.6 Å². The molecule has 2 fully saturated rings. The van der Waals surface area contributed by atoms with Gasteiger partial charge in [0.2, 0.25) is 11.8 Å². The number of para-hydroxylation sites is 2. The van der Waals surface area contributed by atoms with Crippen LogP contribution in [-0.4, -0.2) is 56.5 Å². The molecule has 2 aliphatic rings. The van der Waals surface area contributed by atoms with E-state index in [-0.39, 0.29) is 23.7 Å². The Kier molecular flexibility index (Phi) is 5.46. The number of piperazine rings is 1. The van der Waals surface area contributed by atoms with Crippen LogP contribution < -0.4 is 15.0 Å². The molecule has 1 heterocycles. The molecule has 6 nitrogen and oxygen atoms in total. The standard InChI is InChI=1S/C19H27N3O3/c1-3-8-20-18(23)14-13-15(14)19(24)22-11-9-21(10-12-22)16-6-4-5-7-17(16)25-2/h4-7,14-15H,3,8-13H2,1-2H3,(H,20,23). The molecule has 1 aromatic carbocycles. The largest absolute Gasteiger partial charge is 0.495 e. The summed E-state index contributed by atoms with van der Waals surface area (Å²) in [6.45, 7) is 5.66. The average Bonchev–Trinajstić information content (AvgIpc) is 3.46. The van der Waals surface area contributed by atoms with Crippen LogP contribution in [0.1, 0.15) is 19.8 Å². The Hall–Kier alpha value is -2.24. The monoisotopic (exact) mass is 345 g/mol. The van der Waals surface area contributed by atoms with Gasteiger partial charge in [0.1, 0.15) is 5.75 Å². The van der Waals surface area contributed by atoms with E-state index in [9.17, 15) is 9.59 Å². The third-order valence-corrected chi connectivity index (χ3v) is 5.01. The summed E-state index contributed by atoms with van der Waals surface area (Å²) in [5, 5.41) is 2.89. The van der Waals surface area contributed by atoms with E-state index in [0.29, 0.717) is 26.1 Å². The first-order valence-electron chi connectivity index (χ1n) is 9.10. The first-order chi connectivity index (χ1) is 12.2. The quantitative estimate of drug-likeness (QED) is 0.849. The molecule has 136 valence electrons. The summed E-state index contributed by atoms with van der Waals surface area (Å²) in [5.41, 5.74) is 1.07. The minimum atomic E-state index is -0.119. The van der Waals surface area contributed by atoms with Gasteiger partial charge in [0.25, 0.3) is 0 Å². The SMILES string of the molecule is CCCNC(=O)C1CC1C(=O)N1CCN(c2ccccc2OC)CC1. The smallest absolute Gasteiger partial charge is 0.226 e. The highest BCUT2D eigenvalue weighted by atomic mass is 16.5. The molecule has 0 spiro atoms. The lowest BCUT2D eigenvalue weighted by molar-refractivity contribution is -0.135. The Bertz CT molecular complexity index is 626. The summed E-state index contributed by atoms with van der Waals surface area (Å²) in [6, 6.07) is 7.96. The molecule has 0 bridgehead atoms. The highest BCUT2D eigenvalue weighted by molar-refractivity contribution is 5.92. The second-order valence-electron chi connectivity index (χ2n) is 6.72. The van der Waals surface area contributed by atoms with E-state index in [1.54, 1.807) is 7.11 Å². The van der Waals surface area contributed by atoms with Crippen LogP contribution >= 0.6 is 0 Å². The molecule has 2 unspecified atom stereocenters. The molecule has 25 heavy (non-hydrogen) atoms. The zero-order chi connectivity index (χ0) is 17.8. The van der Waals surface area contributed by atoms with Crippen LogP contribution in [0.2, 0.25) is 0 Å². The van der Waals surface area contributed by atoms with Gasteiger partial charge in [-0.15, -0.1) is 0 Å². The van der Waals surface area contributed by atoms with E-state index >= 15 is 0 Å². The van der Waals surface area contributed by atoms with Crippen LogP contribution in [0.4, 0.5) is 5.69 Å². The number of amides is 2. The van der Waals surface area contributed by atoms with Crippen molar-refractivity contribution in [2.45, 2.75) is 19.8 Å². The molecule has 3 rings (SSSR count). The van der Waals surface area contributed by atoms with Gasteiger partial charge in [-0.25, -0.2) is 0 Å². The molecular formula is C19H27N3O3. The van der Waals surface area contributed by atoms with Gasteiger partial charge in [0, 0.05) is 32.7 Å². The van der Waals surface area contributed by atoms with Gasteiger partial charge >= 0.3 is 0 Å². The Labute approximate surface area is 149 Å². The van der Waals surface area contributed by atoms with E-state index in [1.165, 1.54) is 0 Å². The topological polar surface area (TPSA) is 61.9 Å². The molecular weight excluding hydrogens is 318 g/mol. The van der Waals surface area contributed by atoms with E-state index in [2.05, 4.69) is 10.2 Å². The third-order valence-electron chi connectivity index (χ3n) is 5.01. The number of rotatable bonds is 6. The highest BCUT2D eigenvalue weighted by Gasteiger charge is 2.49. The average molecular weight is 345 g/mol. The molecule has 2 amide bonds. The number of hydrogen-bond acceptors (Lipinski definition) is 4. The van der Waals surface area contributed by atoms with E-state index in [1.807, 2.05) is 36.1 Å². The number of benzene rings is 1. The van der Waals surface area contributed by atoms with Crippen molar-refractivity contribution in [3.05, 3.63) is 24.3 Å². The van der Waals surface area contributed by atoms with Crippen LogP contribution in [0.5, 0.6) is 5.75 Å². The molecule has 2 atom stereocenters. The predicted molar refractivity (Wildman–Crippen MR) is 96.7 cm³/mol. The second-order valence-corrected chi connectivity index (χ2v) is 6.72. The first kappa shape index (κ1) is 17.6. The number of nitrogens with one attached hydrogen (secondary N) is 1. The maximum atomic E-state index is 12.6. The Morgan fingerprint density at radius 3 is 2.56 bits per heavy atom. The van der Waals surface area contributed by atoms with Crippen LogP contribution in [0.3, 0.4) is 0 Å². The van der Waals surface area contributed by atoms with Crippen molar-refractivity contribution >= 4 is 17.5 Å². The molecule has 1 aliphatic heterocycles. The lowest BCUT2D eigenvalue weighted by atomic mass is 10.2. The number of ether oxygens (including phenoxy) is 1. The van der Waals surface area contributed by atoms with Crippen LogP contribution in [0.15, 0.2) is 24.3 Å². The van der Waals surface area contributed by atoms with Crippen LogP contribution in [0.25, 0.3) is 0 Å². The summed E-state index contributed by atoms with van der Waals surface area (Å²) < 4.78 is 5.43. The Balaban J connectivity index is 1.51. The summed E-state index contributed by atoms with van der Waals surface area (Å²) in [6.07, 6.45) is 1.61. The van der Waals surface area contributed by atoms with Crippen molar-refractivity contribution in [1.82, 2.24) is 10.2 Å². The van der Waals surface area contributed by atoms with Gasteiger partial charge in [0.15, 0.2) is 0 Å². The number of anilines is 1. The number of carbonyl (C=O) groups excluding carboxylic acids is 2. The predicted octanol–water partition coefficient (Wildman–Crippen LogP) is 1.51. The third kappa shape index (κ3) is 3.89. The molecule has 0 radical (unpaired) electrons. The maximum Gasteiger partial charge on any atom is 0.226 e. The zero-order valence-electron chi connectivity index (χ0n) is 15.0. The zero-order valence-corrected chi connectivity index (χ0v) is 15.0. The van der Waals surface area contributed by atoms with Gasteiger partial charge < -0.3 is 19.9 Å². The van der Waals surface area contributed by atoms with Crippen LogP contribution in [0, 0.1) is 11.8 Å². The minimum Gasteiger partial charge on any atom is -0.495 e. The normalized spacial score (nSPS) is 22.5. The fourth-order valence-electron chi connectivity index (χ4n) is 3.43. The van der Waals surface area contributed by atoms with Crippen molar-refractivity contribution in [1.29, 1.82) is 0 Å². The van der Waals surface area contributed by atoms with Crippen molar-refractivity contribution in [2.24, 2.45) is 11.8 Å². The molecule has 6 heteroatoms. The number of carbonyl (C=O) groups is 2. The molecule has 1 aliphatic carbocycles. The van der Waals surface area contributed by atoms with Crippen molar-refractivity contribution in [3.63, 3.8) is 0 Å². The molecule has 0 aromatic heterocycles. The fraction of sp³-hybridized carbons (Fsp3) is 0.579. The van der Waals surface area contributed by atoms with Gasteiger partial charge in [-0.1, -0.05) is 19.1 Å². The van der Waals surface area contributed by atoms with E-state index in [0.717, 1.165) is 30.9 Å². The first-order valence-corrected chi connectivity index (χ1v) is 9.10. The summed E-state index contributed by atoms with van der Waals surface area (Å²) >= 11 is 0. The number of hydrogen-bond donors (Lipinski definition) is 1. The summed E-state index contributed by atoms with van der Waals surface area (Å²) in [4.78, 5) is 28.7. The molecule has 1 aromatic rings. The number of methoxy groups -OCH3 is 1. The maximum absolute atomic E-state index is 12.6. The van der Waals surface area contributed by atoms with Gasteiger partial charge in [-0.05, 0) is 25.0 Å². The van der Waals surface area contributed by atoms with Gasteiger partial charge in [-0.3, -0.25) is 9.59 Å². The van der Waals surface area contributed by atoms with E-state index < -0.39 is 0 Å². The lowest BCUT2D eigenvalue weighted by Crippen LogP contribution is -2.49. The van der Waals surface area contributed by atoms with Crippen molar-refractivity contribution in [2.75, 3.05) is 44.7 Å². The van der Waals surface area contributed by atoms with E-state index in [4.69, 9.17) is 4.74 Å². The minimum absolute atomic E-state index is 0.0351. The van der Waals surface area contributed by atoms with Gasteiger partial charge in [-0.2, -0.15) is 0 Å². The van der Waals surface area contributed by atoms with Crippen LogP contribution in [-0.2, 0) is 9.59 Å². The summed E-state index contributed by atoms with van der Waals surface area (Å²) in [5.74, 6) is 0.794. The Morgan fingerprint density at radius 2 is 1.88 bits per heavy atom. The highest BCUT2D eigenvalue weighted by Crippen LogP contribution is 2.40. The molecule has 1 saturated heterocycles. The molecule has 1 N–H and O–H groups in total. The van der Waals surface area contributed by atoms with Crippen molar-refractivity contribution in [3.8, 4) is 5.75 Å². The fourth-order valence-corrected chi connectivity index (χ4v) is 3.43. The second kappa shape index (κ2) is 7.76.